The maximum Gasteiger partial charge on any atom is 0.230 e. The molecule has 2 aromatic rings. The van der Waals surface area contributed by atoms with Crippen molar-refractivity contribution in [3.63, 3.8) is 0 Å². The van der Waals surface area contributed by atoms with Crippen molar-refractivity contribution in [3.8, 4) is 0 Å². The summed E-state index contributed by atoms with van der Waals surface area (Å²) in [6.45, 7) is 2.53. The van der Waals surface area contributed by atoms with E-state index in [-0.39, 0.29) is 24.3 Å². The Morgan fingerprint density at radius 1 is 1.26 bits per heavy atom. The molecule has 3 N–H and O–H groups in total. The first-order valence-electron chi connectivity index (χ1n) is 7.18. The lowest BCUT2D eigenvalue weighted by Gasteiger charge is -2.06. The van der Waals surface area contributed by atoms with Crippen molar-refractivity contribution in [3.05, 3.63) is 47.7 Å². The molecule has 1 heterocycles. The zero-order valence-corrected chi connectivity index (χ0v) is 14.6. The highest BCUT2D eigenvalue weighted by Crippen LogP contribution is 2.16. The number of rotatable bonds is 7. The second kappa shape index (κ2) is 10.1. The molecule has 0 aliphatic rings. The fraction of sp³-hybridized carbons (Fsp3) is 0.312. The number of aryl methyl sites for hydroxylation is 2. The summed E-state index contributed by atoms with van der Waals surface area (Å²) in [5.41, 5.74) is 7.68. The Morgan fingerprint density at radius 3 is 2.70 bits per heavy atom. The molecular formula is C16H21ClN4OS. The third-order valence-electron chi connectivity index (χ3n) is 3.01. The number of hydrogen-bond donors (Lipinski definition) is 2. The van der Waals surface area contributed by atoms with Crippen LogP contribution in [0.4, 0.5) is 5.95 Å². The van der Waals surface area contributed by atoms with Crippen molar-refractivity contribution in [2.75, 3.05) is 18.0 Å². The van der Waals surface area contributed by atoms with Crippen LogP contribution in [0.1, 0.15) is 17.7 Å². The number of amides is 1. The van der Waals surface area contributed by atoms with Gasteiger partial charge in [0.1, 0.15) is 5.03 Å². The molecule has 0 spiro atoms. The Hall–Kier alpha value is -1.79. The van der Waals surface area contributed by atoms with Crippen LogP contribution < -0.4 is 11.1 Å². The number of nitrogens with zero attached hydrogens (tertiary/aromatic N) is 2. The van der Waals surface area contributed by atoms with Gasteiger partial charge in [-0.2, -0.15) is 0 Å². The van der Waals surface area contributed by atoms with Gasteiger partial charge in [0.2, 0.25) is 11.9 Å². The van der Waals surface area contributed by atoms with Crippen molar-refractivity contribution < 1.29 is 4.79 Å². The van der Waals surface area contributed by atoms with E-state index in [4.69, 9.17) is 5.73 Å². The Balaban J connectivity index is 0.00000264. The largest absolute Gasteiger partial charge is 0.368 e. The number of nitrogens with two attached hydrogens (primary N) is 1. The molecule has 23 heavy (non-hydrogen) atoms. The zero-order chi connectivity index (χ0) is 15.8. The molecule has 1 aromatic heterocycles. The minimum Gasteiger partial charge on any atom is -0.368 e. The highest BCUT2D eigenvalue weighted by Gasteiger charge is 2.05. The first kappa shape index (κ1) is 19.3. The van der Waals surface area contributed by atoms with Crippen LogP contribution in [0.5, 0.6) is 0 Å². The summed E-state index contributed by atoms with van der Waals surface area (Å²) in [6.07, 6.45) is 1.90. The molecule has 0 fully saturated rings. The number of anilines is 1. The normalized spacial score (nSPS) is 9.96. The van der Waals surface area contributed by atoms with Gasteiger partial charge in [-0.3, -0.25) is 4.79 Å². The topological polar surface area (TPSA) is 80.9 Å². The van der Waals surface area contributed by atoms with E-state index in [0.717, 1.165) is 23.6 Å². The van der Waals surface area contributed by atoms with Crippen molar-refractivity contribution in [2.24, 2.45) is 0 Å². The van der Waals surface area contributed by atoms with Crippen LogP contribution in [0.25, 0.3) is 0 Å². The number of carbonyl (C=O) groups is 1. The second-order valence-corrected chi connectivity index (χ2v) is 5.93. The van der Waals surface area contributed by atoms with Crippen LogP contribution in [0.3, 0.4) is 0 Å². The van der Waals surface area contributed by atoms with Crippen LogP contribution in [-0.4, -0.2) is 28.2 Å². The minimum atomic E-state index is 0. The molecule has 1 aromatic carbocycles. The number of carbonyl (C=O) groups excluding carboxylic acids is 1. The Labute approximate surface area is 146 Å². The SMILES string of the molecule is Cc1cc(SCC(=O)NCCCc2ccccc2)nc(N)n1.Cl. The summed E-state index contributed by atoms with van der Waals surface area (Å²) in [5, 5.41) is 3.64. The van der Waals surface area contributed by atoms with Gasteiger partial charge in [-0.25, -0.2) is 9.97 Å². The smallest absolute Gasteiger partial charge is 0.230 e. The molecule has 0 aliphatic carbocycles. The molecule has 0 bridgehead atoms. The quantitative estimate of drug-likeness (QED) is 0.455. The standard InChI is InChI=1S/C16H20N4OS.ClH/c1-12-10-15(20-16(17)19-12)22-11-14(21)18-9-5-8-13-6-3-2-4-7-13;/h2-4,6-7,10H,5,8-9,11H2,1H3,(H,18,21)(H2,17,19,20);1H. The second-order valence-electron chi connectivity index (χ2n) is 4.93. The molecule has 7 heteroatoms. The fourth-order valence-corrected chi connectivity index (χ4v) is 2.78. The van der Waals surface area contributed by atoms with Crippen molar-refractivity contribution >= 4 is 36.0 Å². The van der Waals surface area contributed by atoms with Gasteiger partial charge < -0.3 is 11.1 Å². The van der Waals surface area contributed by atoms with Gasteiger partial charge in [0.25, 0.3) is 0 Å². The van der Waals surface area contributed by atoms with Crippen molar-refractivity contribution in [2.45, 2.75) is 24.8 Å². The Bertz CT molecular complexity index is 604. The van der Waals surface area contributed by atoms with Gasteiger partial charge in [-0.15, -0.1) is 12.4 Å². The number of nitrogen functional groups attached to an aromatic ring is 1. The van der Waals surface area contributed by atoms with Crippen LogP contribution in [0.2, 0.25) is 0 Å². The lowest BCUT2D eigenvalue weighted by Crippen LogP contribution is -2.26. The molecular weight excluding hydrogens is 332 g/mol. The van der Waals surface area contributed by atoms with Gasteiger partial charge in [-0.1, -0.05) is 42.1 Å². The van der Waals surface area contributed by atoms with E-state index in [1.54, 1.807) is 0 Å². The summed E-state index contributed by atoms with van der Waals surface area (Å²) in [5.74, 6) is 0.583. The number of thioether (sulfide) groups is 1. The Kier molecular flexibility index (Phi) is 8.43. The lowest BCUT2D eigenvalue weighted by atomic mass is 10.1. The van der Waals surface area contributed by atoms with E-state index in [2.05, 4.69) is 27.4 Å². The third-order valence-corrected chi connectivity index (χ3v) is 3.92. The maximum atomic E-state index is 11.8. The molecule has 0 atom stereocenters. The summed E-state index contributed by atoms with van der Waals surface area (Å²) >= 11 is 1.37. The highest BCUT2D eigenvalue weighted by molar-refractivity contribution is 7.99. The van der Waals surface area contributed by atoms with E-state index >= 15 is 0 Å². The summed E-state index contributed by atoms with van der Waals surface area (Å²) in [4.78, 5) is 19.9. The van der Waals surface area contributed by atoms with E-state index in [0.29, 0.717) is 12.3 Å². The summed E-state index contributed by atoms with van der Waals surface area (Å²) in [6, 6.07) is 12.1. The van der Waals surface area contributed by atoms with Gasteiger partial charge in [-0.05, 0) is 31.4 Å². The number of nitrogens with one attached hydrogen (secondary N) is 1. The van der Waals surface area contributed by atoms with Crippen LogP contribution in [0.15, 0.2) is 41.4 Å². The lowest BCUT2D eigenvalue weighted by molar-refractivity contribution is -0.118. The van der Waals surface area contributed by atoms with Crippen LogP contribution in [-0.2, 0) is 11.2 Å². The van der Waals surface area contributed by atoms with E-state index < -0.39 is 0 Å². The predicted molar refractivity (Wildman–Crippen MR) is 96.9 cm³/mol. The average molecular weight is 353 g/mol. The molecule has 5 nitrogen and oxygen atoms in total. The maximum absolute atomic E-state index is 11.8. The zero-order valence-electron chi connectivity index (χ0n) is 13.0. The Morgan fingerprint density at radius 2 is 2.00 bits per heavy atom. The van der Waals surface area contributed by atoms with Crippen LogP contribution in [0, 0.1) is 6.92 Å². The van der Waals surface area contributed by atoms with E-state index in [9.17, 15) is 4.79 Å². The fourth-order valence-electron chi connectivity index (χ4n) is 1.99. The minimum absolute atomic E-state index is 0. The van der Waals surface area contributed by atoms with E-state index in [1.807, 2.05) is 31.2 Å². The number of benzene rings is 1. The van der Waals surface area contributed by atoms with E-state index in [1.165, 1.54) is 17.3 Å². The third kappa shape index (κ3) is 7.34. The molecule has 1 amide bonds. The number of hydrogen-bond acceptors (Lipinski definition) is 5. The monoisotopic (exact) mass is 352 g/mol. The number of halogens is 1. The predicted octanol–water partition coefficient (Wildman–Crippen LogP) is 2.63. The molecule has 0 saturated carbocycles. The van der Waals surface area contributed by atoms with Gasteiger partial charge in [0.15, 0.2) is 0 Å². The van der Waals surface area contributed by atoms with Gasteiger partial charge in [0, 0.05) is 12.2 Å². The molecule has 0 radical (unpaired) electrons. The molecule has 0 aliphatic heterocycles. The molecule has 2 rings (SSSR count). The first-order valence-corrected chi connectivity index (χ1v) is 8.16. The van der Waals surface area contributed by atoms with Gasteiger partial charge in [0.05, 0.1) is 5.75 Å². The first-order chi connectivity index (χ1) is 10.6. The van der Waals surface area contributed by atoms with Crippen molar-refractivity contribution in [1.82, 2.24) is 15.3 Å². The molecule has 0 saturated heterocycles. The average Bonchev–Trinajstić information content (AvgIpc) is 2.50. The molecule has 124 valence electrons. The summed E-state index contributed by atoms with van der Waals surface area (Å²) < 4.78 is 0. The van der Waals surface area contributed by atoms with Crippen LogP contribution >= 0.6 is 24.2 Å². The summed E-state index contributed by atoms with van der Waals surface area (Å²) in [7, 11) is 0. The molecule has 0 unspecified atom stereocenters. The highest BCUT2D eigenvalue weighted by atomic mass is 35.5. The van der Waals surface area contributed by atoms with Gasteiger partial charge >= 0.3 is 0 Å². The number of aromatic nitrogens is 2. The van der Waals surface area contributed by atoms with Crippen molar-refractivity contribution in [1.29, 1.82) is 0 Å².